The van der Waals surface area contributed by atoms with Crippen molar-refractivity contribution in [3.8, 4) is 0 Å². The largest absolute Gasteiger partial charge is 0.465 e. The molecule has 158 valence electrons. The van der Waals surface area contributed by atoms with Gasteiger partial charge in [-0.05, 0) is 34.0 Å². The highest BCUT2D eigenvalue weighted by Crippen LogP contribution is 2.32. The molecule has 1 aliphatic heterocycles. The minimum Gasteiger partial charge on any atom is -0.465 e. The number of fused-ring (bicyclic) bond motifs is 1. The molecule has 4 rings (SSSR count). The van der Waals surface area contributed by atoms with E-state index in [2.05, 4.69) is 0 Å². The Labute approximate surface area is 180 Å². The van der Waals surface area contributed by atoms with Gasteiger partial charge in [0, 0.05) is 19.4 Å². The summed E-state index contributed by atoms with van der Waals surface area (Å²) >= 11 is 0. The van der Waals surface area contributed by atoms with Crippen LogP contribution in [0, 0.1) is 0 Å². The maximum absolute atomic E-state index is 12.8. The second kappa shape index (κ2) is 9.00. The van der Waals surface area contributed by atoms with Crippen molar-refractivity contribution in [3.05, 3.63) is 83.4 Å². The molecule has 0 bridgehead atoms. The molecule has 1 amide bonds. The molecular weight excluding hydrogens is 394 g/mol. The van der Waals surface area contributed by atoms with Gasteiger partial charge in [-0.1, -0.05) is 54.6 Å². The number of nitrogens with zero attached hydrogens (tertiary/aromatic N) is 1. The predicted molar refractivity (Wildman–Crippen MR) is 116 cm³/mol. The number of methoxy groups -OCH3 is 1. The van der Waals surface area contributed by atoms with Gasteiger partial charge in [0.1, 0.15) is 12.4 Å². The van der Waals surface area contributed by atoms with E-state index in [-0.39, 0.29) is 18.8 Å². The average molecular weight is 417 g/mol. The zero-order valence-corrected chi connectivity index (χ0v) is 17.2. The molecule has 3 aromatic carbocycles. The number of amides is 1. The molecule has 1 heterocycles. The van der Waals surface area contributed by atoms with E-state index in [1.165, 1.54) is 7.11 Å². The van der Waals surface area contributed by atoms with Gasteiger partial charge in [-0.3, -0.25) is 4.79 Å². The van der Waals surface area contributed by atoms with Gasteiger partial charge in [-0.25, -0.2) is 9.59 Å². The minimum absolute atomic E-state index is 0.112. The lowest BCUT2D eigenvalue weighted by atomic mass is 9.92. The summed E-state index contributed by atoms with van der Waals surface area (Å²) in [7, 11) is 1.35. The van der Waals surface area contributed by atoms with Crippen LogP contribution in [-0.4, -0.2) is 36.4 Å². The molecule has 6 heteroatoms. The SMILES string of the molecule is COC(=O)c1cccc2cc([C@@H]3CC(=O)CCN3C(=O)OCc3ccccc3)ccc12. The highest BCUT2D eigenvalue weighted by Gasteiger charge is 2.33. The zero-order valence-electron chi connectivity index (χ0n) is 17.2. The number of likely N-dealkylation sites (tertiary alicyclic amines) is 1. The Kier molecular flexibility index (Phi) is 5.98. The molecule has 31 heavy (non-hydrogen) atoms. The molecule has 0 aliphatic carbocycles. The van der Waals surface area contributed by atoms with Crippen molar-refractivity contribution in [1.82, 2.24) is 4.90 Å². The van der Waals surface area contributed by atoms with E-state index in [9.17, 15) is 14.4 Å². The number of carbonyl (C=O) groups excluding carboxylic acids is 3. The Morgan fingerprint density at radius 1 is 1.03 bits per heavy atom. The van der Waals surface area contributed by atoms with Crippen LogP contribution < -0.4 is 0 Å². The summed E-state index contributed by atoms with van der Waals surface area (Å²) in [5.41, 5.74) is 2.21. The lowest BCUT2D eigenvalue weighted by Crippen LogP contribution is -2.41. The van der Waals surface area contributed by atoms with Crippen LogP contribution >= 0.6 is 0 Å². The molecular formula is C25H23NO5. The molecule has 0 saturated carbocycles. The standard InChI is InChI=1S/C25H23NO5/c1-30-24(28)22-9-5-8-18-14-19(10-11-21(18)22)23-15-20(27)12-13-26(23)25(29)31-16-17-6-3-2-4-7-17/h2-11,14,23H,12-13,15-16H2,1H3/t23-/m0/s1. The summed E-state index contributed by atoms with van der Waals surface area (Å²) in [5.74, 6) is -0.294. The highest BCUT2D eigenvalue weighted by molar-refractivity contribution is 6.04. The highest BCUT2D eigenvalue weighted by atomic mass is 16.6. The number of esters is 1. The van der Waals surface area contributed by atoms with Crippen LogP contribution in [0.3, 0.4) is 0 Å². The van der Waals surface area contributed by atoms with Gasteiger partial charge < -0.3 is 14.4 Å². The first-order valence-electron chi connectivity index (χ1n) is 10.2. The van der Waals surface area contributed by atoms with E-state index in [1.54, 1.807) is 17.0 Å². The molecule has 1 fully saturated rings. The number of Topliss-reactive ketones (excluding diaryl/α,β-unsaturated/α-hetero) is 1. The molecule has 0 spiro atoms. The fourth-order valence-electron chi connectivity index (χ4n) is 3.94. The number of ketones is 1. The molecule has 0 unspecified atom stereocenters. The third-order valence-electron chi connectivity index (χ3n) is 5.56. The summed E-state index contributed by atoms with van der Waals surface area (Å²) in [6.07, 6.45) is 0.115. The van der Waals surface area contributed by atoms with Crippen LogP contribution in [0.2, 0.25) is 0 Å². The molecule has 0 N–H and O–H groups in total. The maximum Gasteiger partial charge on any atom is 0.410 e. The van der Waals surface area contributed by atoms with Gasteiger partial charge in [0.2, 0.25) is 0 Å². The van der Waals surface area contributed by atoms with Gasteiger partial charge in [0.15, 0.2) is 0 Å². The van der Waals surface area contributed by atoms with Crippen LogP contribution in [0.5, 0.6) is 0 Å². The summed E-state index contributed by atoms with van der Waals surface area (Å²) in [6.45, 7) is 0.494. The number of hydrogen-bond acceptors (Lipinski definition) is 5. The van der Waals surface area contributed by atoms with Crippen LogP contribution in [0.25, 0.3) is 10.8 Å². The summed E-state index contributed by atoms with van der Waals surface area (Å²) in [4.78, 5) is 38.7. The van der Waals surface area contributed by atoms with Gasteiger partial charge >= 0.3 is 12.1 Å². The van der Waals surface area contributed by atoms with Crippen molar-refractivity contribution < 1.29 is 23.9 Å². The second-order valence-corrected chi connectivity index (χ2v) is 7.52. The number of rotatable bonds is 4. The van der Waals surface area contributed by atoms with Gasteiger partial charge in [0.25, 0.3) is 0 Å². The van der Waals surface area contributed by atoms with E-state index in [0.29, 0.717) is 18.5 Å². The third-order valence-corrected chi connectivity index (χ3v) is 5.56. The van der Waals surface area contributed by atoms with E-state index in [0.717, 1.165) is 21.9 Å². The van der Waals surface area contributed by atoms with Gasteiger partial charge in [0.05, 0.1) is 18.7 Å². The molecule has 3 aromatic rings. The normalized spacial score (nSPS) is 16.2. The predicted octanol–water partition coefficient (Wildman–Crippen LogP) is 4.67. The fourth-order valence-corrected chi connectivity index (χ4v) is 3.94. The maximum atomic E-state index is 12.8. The van der Waals surface area contributed by atoms with E-state index >= 15 is 0 Å². The summed E-state index contributed by atoms with van der Waals surface area (Å²) in [6, 6.07) is 20.1. The first-order valence-corrected chi connectivity index (χ1v) is 10.2. The molecule has 0 aromatic heterocycles. The van der Waals surface area contributed by atoms with Crippen LogP contribution in [0.4, 0.5) is 4.79 Å². The number of hydrogen-bond donors (Lipinski definition) is 0. The van der Waals surface area contributed by atoms with Crippen molar-refractivity contribution in [1.29, 1.82) is 0 Å². The molecule has 1 saturated heterocycles. The van der Waals surface area contributed by atoms with Crippen molar-refractivity contribution in [2.75, 3.05) is 13.7 Å². The monoisotopic (exact) mass is 417 g/mol. The van der Waals surface area contributed by atoms with Gasteiger partial charge in [-0.15, -0.1) is 0 Å². The molecule has 6 nitrogen and oxygen atoms in total. The molecule has 1 aliphatic rings. The lowest BCUT2D eigenvalue weighted by molar-refractivity contribution is -0.122. The third kappa shape index (κ3) is 4.43. The van der Waals surface area contributed by atoms with Crippen molar-refractivity contribution in [2.24, 2.45) is 0 Å². The topological polar surface area (TPSA) is 72.9 Å². The van der Waals surface area contributed by atoms with E-state index in [4.69, 9.17) is 9.47 Å². The van der Waals surface area contributed by atoms with E-state index < -0.39 is 18.1 Å². The number of piperidine rings is 1. The van der Waals surface area contributed by atoms with E-state index in [1.807, 2.05) is 54.6 Å². The Hall–Kier alpha value is -3.67. The van der Waals surface area contributed by atoms with Gasteiger partial charge in [-0.2, -0.15) is 0 Å². The quantitative estimate of drug-likeness (QED) is 0.577. The Balaban J connectivity index is 1.60. The zero-order chi connectivity index (χ0) is 21.8. The van der Waals surface area contributed by atoms with Crippen molar-refractivity contribution >= 4 is 28.6 Å². The first kappa shape index (κ1) is 20.6. The van der Waals surface area contributed by atoms with Crippen molar-refractivity contribution in [3.63, 3.8) is 0 Å². The summed E-state index contributed by atoms with van der Waals surface area (Å²) < 4.78 is 10.4. The lowest BCUT2D eigenvalue weighted by Gasteiger charge is -2.34. The molecule has 0 radical (unpaired) electrons. The Morgan fingerprint density at radius 3 is 2.61 bits per heavy atom. The average Bonchev–Trinajstić information content (AvgIpc) is 2.81. The Bertz CT molecular complexity index is 1130. The number of benzene rings is 3. The first-order chi connectivity index (χ1) is 15.1. The number of carbonyl (C=O) groups is 3. The summed E-state index contributed by atoms with van der Waals surface area (Å²) in [5, 5.41) is 1.61. The number of ether oxygens (including phenoxy) is 2. The van der Waals surface area contributed by atoms with Crippen LogP contribution in [0.1, 0.15) is 40.4 Å². The van der Waals surface area contributed by atoms with Crippen LogP contribution in [-0.2, 0) is 20.9 Å². The smallest absolute Gasteiger partial charge is 0.410 e. The fraction of sp³-hybridized carbons (Fsp3) is 0.240. The van der Waals surface area contributed by atoms with Crippen molar-refractivity contribution in [2.45, 2.75) is 25.5 Å². The van der Waals surface area contributed by atoms with Crippen LogP contribution in [0.15, 0.2) is 66.7 Å². The Morgan fingerprint density at radius 2 is 1.84 bits per heavy atom. The second-order valence-electron chi connectivity index (χ2n) is 7.52. The minimum atomic E-state index is -0.440. The molecule has 1 atom stereocenters.